The summed E-state index contributed by atoms with van der Waals surface area (Å²) < 4.78 is 0. The summed E-state index contributed by atoms with van der Waals surface area (Å²) >= 11 is 0. The lowest BCUT2D eigenvalue weighted by Crippen LogP contribution is -2.10. The highest BCUT2D eigenvalue weighted by Gasteiger charge is 2.16. The first kappa shape index (κ1) is 29.0. The molecule has 0 aromatic rings. The Morgan fingerprint density at radius 3 is 0.862 bits per heavy atom. The third-order valence-corrected chi connectivity index (χ3v) is 7.03. The third-order valence-electron chi connectivity index (χ3n) is 7.03. The van der Waals surface area contributed by atoms with Gasteiger partial charge in [-0.15, -0.1) is 0 Å². The standard InChI is InChI=1S/C29H60/c1-5-9-13-16-20-24-28(23-19-12-8-4)27-29(25-21-17-14-10-6-2)26-22-18-15-11-7-3/h28-29H,5-27H2,1-4H3. The van der Waals surface area contributed by atoms with Gasteiger partial charge < -0.3 is 0 Å². The molecular weight excluding hydrogens is 348 g/mol. The van der Waals surface area contributed by atoms with Gasteiger partial charge in [-0.25, -0.2) is 0 Å². The maximum atomic E-state index is 2.36. The van der Waals surface area contributed by atoms with Crippen molar-refractivity contribution in [3.05, 3.63) is 0 Å². The van der Waals surface area contributed by atoms with Gasteiger partial charge in [0, 0.05) is 0 Å². The summed E-state index contributed by atoms with van der Waals surface area (Å²) in [5.41, 5.74) is 0. The number of unbranched alkanes of at least 4 members (excludes halogenated alkanes) is 14. The van der Waals surface area contributed by atoms with Gasteiger partial charge in [-0.1, -0.05) is 169 Å². The molecule has 0 heterocycles. The first-order valence-electron chi connectivity index (χ1n) is 14.3. The molecule has 0 aliphatic carbocycles. The summed E-state index contributed by atoms with van der Waals surface area (Å²) in [7, 11) is 0. The average Bonchev–Trinajstić information content (AvgIpc) is 2.72. The van der Waals surface area contributed by atoms with E-state index in [1.807, 2.05) is 0 Å². The maximum absolute atomic E-state index is 2.36. The smallest absolute Gasteiger partial charge is 0.0412 e. The normalized spacial score (nSPS) is 12.7. The number of hydrogen-bond donors (Lipinski definition) is 0. The van der Waals surface area contributed by atoms with Crippen LogP contribution in [0.2, 0.25) is 0 Å². The lowest BCUT2D eigenvalue weighted by molar-refractivity contribution is 0.282. The molecule has 0 spiro atoms. The summed E-state index contributed by atoms with van der Waals surface area (Å²) in [5, 5.41) is 0. The Morgan fingerprint density at radius 2 is 0.552 bits per heavy atom. The molecule has 29 heavy (non-hydrogen) atoms. The summed E-state index contributed by atoms with van der Waals surface area (Å²) in [6, 6.07) is 0. The van der Waals surface area contributed by atoms with Crippen LogP contribution >= 0.6 is 0 Å². The van der Waals surface area contributed by atoms with Gasteiger partial charge in [0.15, 0.2) is 0 Å². The Bertz CT molecular complexity index is 268. The maximum Gasteiger partial charge on any atom is -0.0412 e. The van der Waals surface area contributed by atoms with E-state index in [0.29, 0.717) is 0 Å². The monoisotopic (exact) mass is 408 g/mol. The van der Waals surface area contributed by atoms with Crippen molar-refractivity contribution in [1.29, 1.82) is 0 Å². The highest BCUT2D eigenvalue weighted by atomic mass is 14.2. The first-order valence-corrected chi connectivity index (χ1v) is 14.3. The van der Waals surface area contributed by atoms with Crippen molar-refractivity contribution in [3.8, 4) is 0 Å². The van der Waals surface area contributed by atoms with E-state index in [-0.39, 0.29) is 0 Å². The van der Waals surface area contributed by atoms with Crippen molar-refractivity contribution in [2.24, 2.45) is 11.8 Å². The predicted octanol–water partition coefficient (Wildman–Crippen LogP) is 11.3. The van der Waals surface area contributed by atoms with Crippen molar-refractivity contribution in [2.45, 2.75) is 175 Å². The summed E-state index contributed by atoms with van der Waals surface area (Å²) in [6.07, 6.45) is 33.8. The third kappa shape index (κ3) is 21.0. The van der Waals surface area contributed by atoms with Gasteiger partial charge in [-0.05, 0) is 18.3 Å². The van der Waals surface area contributed by atoms with Crippen LogP contribution in [0.3, 0.4) is 0 Å². The molecule has 176 valence electrons. The zero-order chi connectivity index (χ0) is 21.4. The molecule has 0 radical (unpaired) electrons. The summed E-state index contributed by atoms with van der Waals surface area (Å²) in [4.78, 5) is 0. The largest absolute Gasteiger partial charge is 0.0654 e. The van der Waals surface area contributed by atoms with E-state index in [1.165, 1.54) is 141 Å². The molecule has 0 amide bonds. The molecule has 0 rings (SSSR count). The topological polar surface area (TPSA) is 0 Å². The second kappa shape index (κ2) is 24.3. The summed E-state index contributed by atoms with van der Waals surface area (Å²) in [6.45, 7) is 9.36. The van der Waals surface area contributed by atoms with E-state index >= 15 is 0 Å². The van der Waals surface area contributed by atoms with E-state index in [2.05, 4.69) is 27.7 Å². The van der Waals surface area contributed by atoms with Crippen LogP contribution in [-0.2, 0) is 0 Å². The predicted molar refractivity (Wildman–Crippen MR) is 136 cm³/mol. The van der Waals surface area contributed by atoms with Gasteiger partial charge >= 0.3 is 0 Å². The second-order valence-electron chi connectivity index (χ2n) is 10.1. The van der Waals surface area contributed by atoms with Gasteiger partial charge in [-0.2, -0.15) is 0 Å². The van der Waals surface area contributed by atoms with E-state index < -0.39 is 0 Å². The fourth-order valence-corrected chi connectivity index (χ4v) is 5.02. The molecule has 0 aromatic heterocycles. The highest BCUT2D eigenvalue weighted by molar-refractivity contribution is 4.69. The molecule has 0 heteroatoms. The van der Waals surface area contributed by atoms with Crippen LogP contribution in [-0.4, -0.2) is 0 Å². The van der Waals surface area contributed by atoms with E-state index in [9.17, 15) is 0 Å². The molecule has 0 aliphatic heterocycles. The quantitative estimate of drug-likeness (QED) is 0.139. The Morgan fingerprint density at radius 1 is 0.310 bits per heavy atom. The van der Waals surface area contributed by atoms with Gasteiger partial charge in [0.2, 0.25) is 0 Å². The van der Waals surface area contributed by atoms with E-state index in [0.717, 1.165) is 11.8 Å². The van der Waals surface area contributed by atoms with E-state index in [1.54, 1.807) is 6.42 Å². The van der Waals surface area contributed by atoms with Crippen molar-refractivity contribution in [1.82, 2.24) is 0 Å². The molecule has 1 unspecified atom stereocenters. The van der Waals surface area contributed by atoms with E-state index in [4.69, 9.17) is 0 Å². The highest BCUT2D eigenvalue weighted by Crippen LogP contribution is 2.31. The van der Waals surface area contributed by atoms with Crippen LogP contribution in [0.25, 0.3) is 0 Å². The second-order valence-corrected chi connectivity index (χ2v) is 10.1. The lowest BCUT2D eigenvalue weighted by Gasteiger charge is -2.24. The number of rotatable bonds is 24. The van der Waals surface area contributed by atoms with Crippen LogP contribution in [0.5, 0.6) is 0 Å². The zero-order valence-corrected chi connectivity index (χ0v) is 21.4. The van der Waals surface area contributed by atoms with Crippen LogP contribution in [0, 0.1) is 11.8 Å². The fourth-order valence-electron chi connectivity index (χ4n) is 5.02. The Labute approximate surface area is 187 Å². The SMILES string of the molecule is CCCCCCCC(CCCCC)CC(CCCCCCC)CCCCCCC. The molecule has 0 N–H and O–H groups in total. The van der Waals surface area contributed by atoms with Crippen LogP contribution in [0.4, 0.5) is 0 Å². The molecule has 1 atom stereocenters. The van der Waals surface area contributed by atoms with Gasteiger partial charge in [-0.3, -0.25) is 0 Å². The van der Waals surface area contributed by atoms with Crippen molar-refractivity contribution in [3.63, 3.8) is 0 Å². The van der Waals surface area contributed by atoms with Crippen LogP contribution < -0.4 is 0 Å². The molecule has 0 aliphatic rings. The minimum atomic E-state index is 1.03. The molecule has 0 bridgehead atoms. The Kier molecular flexibility index (Phi) is 24.3. The van der Waals surface area contributed by atoms with Crippen LogP contribution in [0.1, 0.15) is 175 Å². The molecule has 0 saturated heterocycles. The Balaban J connectivity index is 4.43. The lowest BCUT2D eigenvalue weighted by atomic mass is 9.82. The van der Waals surface area contributed by atoms with Crippen molar-refractivity contribution < 1.29 is 0 Å². The number of hydrogen-bond acceptors (Lipinski definition) is 0. The van der Waals surface area contributed by atoms with Crippen molar-refractivity contribution in [2.75, 3.05) is 0 Å². The molecular formula is C29H60. The molecule has 0 aromatic carbocycles. The Hall–Kier alpha value is 0. The molecule has 0 fully saturated rings. The zero-order valence-electron chi connectivity index (χ0n) is 21.4. The minimum absolute atomic E-state index is 1.03. The summed E-state index contributed by atoms with van der Waals surface area (Å²) in [5.74, 6) is 2.06. The average molecular weight is 409 g/mol. The first-order chi connectivity index (χ1) is 14.3. The van der Waals surface area contributed by atoms with Gasteiger partial charge in [0.05, 0.1) is 0 Å². The van der Waals surface area contributed by atoms with Crippen LogP contribution in [0.15, 0.2) is 0 Å². The fraction of sp³-hybridized carbons (Fsp3) is 1.00. The van der Waals surface area contributed by atoms with Gasteiger partial charge in [0.1, 0.15) is 0 Å². The van der Waals surface area contributed by atoms with Gasteiger partial charge in [0.25, 0.3) is 0 Å². The molecule has 0 saturated carbocycles. The molecule has 0 nitrogen and oxygen atoms in total. The minimum Gasteiger partial charge on any atom is -0.0654 e. The van der Waals surface area contributed by atoms with Crippen molar-refractivity contribution >= 4 is 0 Å².